The second-order valence-corrected chi connectivity index (χ2v) is 6.78. The molecule has 0 radical (unpaired) electrons. The molecule has 3 aromatic carbocycles. The Kier molecular flexibility index (Phi) is 4.74. The first-order valence-electron chi connectivity index (χ1n) is 9.26. The van der Waals surface area contributed by atoms with Crippen LogP contribution in [0.5, 0.6) is 5.75 Å². The van der Waals surface area contributed by atoms with E-state index in [0.29, 0.717) is 17.9 Å². The lowest BCUT2D eigenvalue weighted by molar-refractivity contribution is -0.126. The lowest BCUT2D eigenvalue weighted by atomic mass is 10.0. The van der Waals surface area contributed by atoms with Crippen molar-refractivity contribution in [3.8, 4) is 5.75 Å². The quantitative estimate of drug-likeness (QED) is 0.647. The Labute approximate surface area is 163 Å². The third-order valence-corrected chi connectivity index (χ3v) is 5.11. The summed E-state index contributed by atoms with van der Waals surface area (Å²) in [5.74, 6) is -0.0479. The summed E-state index contributed by atoms with van der Waals surface area (Å²) in [6.45, 7) is 2.22. The number of fused-ring (bicyclic) bond motifs is 2. The highest BCUT2D eigenvalue weighted by molar-refractivity contribution is 6.07. The minimum absolute atomic E-state index is 0.212. The maximum absolute atomic E-state index is 12.9. The van der Waals surface area contributed by atoms with E-state index in [-0.39, 0.29) is 5.91 Å². The summed E-state index contributed by atoms with van der Waals surface area (Å²) in [5.41, 5.74) is 2.44. The molecule has 142 valence electrons. The lowest BCUT2D eigenvalue weighted by Crippen LogP contribution is -2.39. The summed E-state index contributed by atoms with van der Waals surface area (Å²) in [6, 6.07) is 18.7. The topological polar surface area (TPSA) is 55.8 Å². The number of hydrogen-bond acceptors (Lipinski definition) is 4. The van der Waals surface area contributed by atoms with Crippen molar-refractivity contribution < 1.29 is 19.1 Å². The van der Waals surface area contributed by atoms with Crippen molar-refractivity contribution in [2.45, 2.75) is 19.4 Å². The molecular formula is C23H21NO4. The van der Waals surface area contributed by atoms with Gasteiger partial charge in [0.1, 0.15) is 5.75 Å². The molecule has 0 spiro atoms. The third kappa shape index (κ3) is 3.09. The largest absolute Gasteiger partial charge is 0.496 e. The number of anilines is 1. The van der Waals surface area contributed by atoms with E-state index in [0.717, 1.165) is 28.4 Å². The molecule has 5 heteroatoms. The second-order valence-electron chi connectivity index (χ2n) is 6.78. The first kappa shape index (κ1) is 18.0. The number of carbonyl (C=O) groups is 2. The molecule has 0 fully saturated rings. The van der Waals surface area contributed by atoms with E-state index in [1.165, 1.54) is 0 Å². The summed E-state index contributed by atoms with van der Waals surface area (Å²) in [7, 11) is 1.59. The summed E-state index contributed by atoms with van der Waals surface area (Å²) in [4.78, 5) is 27.4. The minimum atomic E-state index is -0.875. The van der Waals surface area contributed by atoms with Crippen LogP contribution in [-0.4, -0.2) is 31.6 Å². The van der Waals surface area contributed by atoms with Crippen LogP contribution in [0.4, 0.5) is 5.69 Å². The van der Waals surface area contributed by atoms with E-state index < -0.39 is 12.1 Å². The summed E-state index contributed by atoms with van der Waals surface area (Å²) < 4.78 is 10.9. The fourth-order valence-corrected chi connectivity index (χ4v) is 3.69. The molecule has 0 aromatic heterocycles. The Hall–Kier alpha value is -3.34. The normalized spacial score (nSPS) is 13.9. The molecule has 0 saturated carbocycles. The van der Waals surface area contributed by atoms with Gasteiger partial charge in [0.25, 0.3) is 5.91 Å². The van der Waals surface area contributed by atoms with E-state index in [4.69, 9.17) is 9.47 Å². The Bertz CT molecular complexity index is 1060. The standard InChI is InChI=1S/C23H21NO4/c1-15(22(25)24-14-13-16-7-3-6-10-20(16)24)28-23(26)19-11-12-21(27-2)18-9-5-4-8-17(18)19/h3-12,15H,13-14H2,1-2H3/t15-/m0/s1. The zero-order valence-corrected chi connectivity index (χ0v) is 15.8. The molecule has 3 aromatic rings. The van der Waals surface area contributed by atoms with Gasteiger partial charge in [-0.3, -0.25) is 4.79 Å². The van der Waals surface area contributed by atoms with Gasteiger partial charge in [0.05, 0.1) is 12.7 Å². The van der Waals surface area contributed by atoms with Crippen molar-refractivity contribution in [3.05, 3.63) is 71.8 Å². The smallest absolute Gasteiger partial charge is 0.339 e. The average Bonchev–Trinajstić information content (AvgIpc) is 3.16. The van der Waals surface area contributed by atoms with Crippen molar-refractivity contribution in [1.29, 1.82) is 0 Å². The maximum atomic E-state index is 12.9. The molecule has 28 heavy (non-hydrogen) atoms. The van der Waals surface area contributed by atoms with Gasteiger partial charge in [0, 0.05) is 17.6 Å². The van der Waals surface area contributed by atoms with Crippen molar-refractivity contribution >= 4 is 28.3 Å². The zero-order chi connectivity index (χ0) is 19.7. The van der Waals surface area contributed by atoms with Gasteiger partial charge < -0.3 is 14.4 Å². The monoisotopic (exact) mass is 375 g/mol. The average molecular weight is 375 g/mol. The molecule has 1 aliphatic heterocycles. The highest BCUT2D eigenvalue weighted by Crippen LogP contribution is 2.30. The molecule has 0 saturated heterocycles. The molecule has 0 aliphatic carbocycles. The number of esters is 1. The molecule has 1 atom stereocenters. The van der Waals surface area contributed by atoms with Crippen LogP contribution in [0.1, 0.15) is 22.8 Å². The van der Waals surface area contributed by atoms with Crippen LogP contribution in [0, 0.1) is 0 Å². The van der Waals surface area contributed by atoms with Crippen LogP contribution in [0.15, 0.2) is 60.7 Å². The van der Waals surface area contributed by atoms with Gasteiger partial charge in [-0.15, -0.1) is 0 Å². The van der Waals surface area contributed by atoms with Gasteiger partial charge in [0.2, 0.25) is 0 Å². The predicted octanol–water partition coefficient (Wildman–Crippen LogP) is 3.98. The molecule has 1 heterocycles. The molecule has 0 N–H and O–H groups in total. The number of amides is 1. The van der Waals surface area contributed by atoms with Gasteiger partial charge in [-0.2, -0.15) is 0 Å². The van der Waals surface area contributed by atoms with Crippen LogP contribution in [0.25, 0.3) is 10.8 Å². The number of ether oxygens (including phenoxy) is 2. The number of carbonyl (C=O) groups excluding carboxylic acids is 2. The van der Waals surface area contributed by atoms with Crippen LogP contribution < -0.4 is 9.64 Å². The molecule has 0 bridgehead atoms. The van der Waals surface area contributed by atoms with E-state index in [2.05, 4.69) is 0 Å². The first-order chi connectivity index (χ1) is 13.6. The first-order valence-corrected chi connectivity index (χ1v) is 9.26. The second kappa shape index (κ2) is 7.35. The highest BCUT2D eigenvalue weighted by Gasteiger charge is 2.30. The Morgan fingerprint density at radius 1 is 0.964 bits per heavy atom. The zero-order valence-electron chi connectivity index (χ0n) is 15.8. The highest BCUT2D eigenvalue weighted by atomic mass is 16.5. The van der Waals surface area contributed by atoms with E-state index in [1.54, 1.807) is 31.1 Å². The number of para-hydroxylation sites is 1. The fourth-order valence-electron chi connectivity index (χ4n) is 3.69. The van der Waals surface area contributed by atoms with Crippen LogP contribution in [0.3, 0.4) is 0 Å². The minimum Gasteiger partial charge on any atom is -0.496 e. The molecule has 4 rings (SSSR count). The lowest BCUT2D eigenvalue weighted by Gasteiger charge is -2.22. The third-order valence-electron chi connectivity index (χ3n) is 5.11. The van der Waals surface area contributed by atoms with Gasteiger partial charge in [-0.05, 0) is 42.5 Å². The molecule has 1 aliphatic rings. The number of hydrogen-bond donors (Lipinski definition) is 0. The number of nitrogens with zero attached hydrogens (tertiary/aromatic N) is 1. The van der Waals surface area contributed by atoms with Gasteiger partial charge in [0.15, 0.2) is 6.10 Å². The van der Waals surface area contributed by atoms with Gasteiger partial charge in [-0.25, -0.2) is 4.79 Å². The SMILES string of the molecule is COc1ccc(C(=O)O[C@@H](C)C(=O)N2CCc3ccccc32)c2ccccc12. The molecular weight excluding hydrogens is 354 g/mol. The summed E-state index contributed by atoms with van der Waals surface area (Å²) in [6.07, 6.45) is -0.0642. The van der Waals surface area contributed by atoms with E-state index in [9.17, 15) is 9.59 Å². The van der Waals surface area contributed by atoms with Crippen molar-refractivity contribution in [1.82, 2.24) is 0 Å². The van der Waals surface area contributed by atoms with Crippen LogP contribution >= 0.6 is 0 Å². The maximum Gasteiger partial charge on any atom is 0.339 e. The molecule has 0 unspecified atom stereocenters. The fraction of sp³-hybridized carbons (Fsp3) is 0.217. The van der Waals surface area contributed by atoms with Crippen molar-refractivity contribution in [2.24, 2.45) is 0 Å². The van der Waals surface area contributed by atoms with Gasteiger partial charge >= 0.3 is 5.97 Å². The van der Waals surface area contributed by atoms with Crippen molar-refractivity contribution in [2.75, 3.05) is 18.6 Å². The van der Waals surface area contributed by atoms with Crippen molar-refractivity contribution in [3.63, 3.8) is 0 Å². The van der Waals surface area contributed by atoms with E-state index in [1.807, 2.05) is 48.5 Å². The van der Waals surface area contributed by atoms with Crippen LogP contribution in [0.2, 0.25) is 0 Å². The number of benzene rings is 3. The Balaban J connectivity index is 1.56. The number of rotatable bonds is 4. The van der Waals surface area contributed by atoms with E-state index >= 15 is 0 Å². The Morgan fingerprint density at radius 3 is 2.46 bits per heavy atom. The number of methoxy groups -OCH3 is 1. The predicted molar refractivity (Wildman–Crippen MR) is 108 cm³/mol. The summed E-state index contributed by atoms with van der Waals surface area (Å²) >= 11 is 0. The molecule has 1 amide bonds. The van der Waals surface area contributed by atoms with Crippen LogP contribution in [-0.2, 0) is 16.0 Å². The molecule has 5 nitrogen and oxygen atoms in total. The Morgan fingerprint density at radius 2 is 1.68 bits per heavy atom. The van der Waals surface area contributed by atoms with Gasteiger partial charge in [-0.1, -0.05) is 42.5 Å². The summed E-state index contributed by atoms with van der Waals surface area (Å²) in [5, 5.41) is 1.56.